The van der Waals surface area contributed by atoms with Crippen LogP contribution in [0.3, 0.4) is 0 Å². The van der Waals surface area contributed by atoms with Gasteiger partial charge in [-0.25, -0.2) is 19.7 Å². The molecule has 0 N–H and O–H groups in total. The summed E-state index contributed by atoms with van der Waals surface area (Å²) in [6, 6.07) is 20.4. The van der Waals surface area contributed by atoms with Crippen LogP contribution < -0.4 is 0 Å². The molecule has 0 aliphatic heterocycles. The summed E-state index contributed by atoms with van der Waals surface area (Å²) >= 11 is 8.01. The van der Waals surface area contributed by atoms with Crippen LogP contribution in [0, 0.1) is 6.57 Å². The molecule has 0 unspecified atom stereocenters. The molecule has 2 heterocycles. The molecule has 0 fully saturated rings. The molecular formula is C25H22ClN3O2S2. The molecule has 0 radical (unpaired) electrons. The molecule has 0 saturated heterocycles. The maximum Gasteiger partial charge on any atom is 0.270 e. The molecule has 0 saturated carbocycles. The molecule has 8 heteroatoms. The van der Waals surface area contributed by atoms with Crippen molar-refractivity contribution in [2.75, 3.05) is 5.75 Å². The highest BCUT2D eigenvalue weighted by Gasteiger charge is 2.31. The highest BCUT2D eigenvalue weighted by atomic mass is 35.5. The van der Waals surface area contributed by atoms with E-state index in [1.54, 1.807) is 29.8 Å². The van der Waals surface area contributed by atoms with Crippen LogP contribution in [0.2, 0.25) is 5.02 Å². The number of halogens is 1. The van der Waals surface area contributed by atoms with E-state index in [9.17, 15) is 8.42 Å². The lowest BCUT2D eigenvalue weighted by atomic mass is 10.0. The van der Waals surface area contributed by atoms with E-state index in [0.29, 0.717) is 15.6 Å². The lowest BCUT2D eigenvalue weighted by Gasteiger charge is -2.09. The van der Waals surface area contributed by atoms with Crippen molar-refractivity contribution in [1.82, 2.24) is 9.78 Å². The first-order valence-electron chi connectivity index (χ1n) is 10.3. The van der Waals surface area contributed by atoms with E-state index in [2.05, 4.69) is 4.85 Å². The minimum atomic E-state index is -3.29. The van der Waals surface area contributed by atoms with Gasteiger partial charge in [0.15, 0.2) is 9.84 Å². The van der Waals surface area contributed by atoms with Crippen molar-refractivity contribution in [3.63, 3.8) is 0 Å². The van der Waals surface area contributed by atoms with Crippen molar-refractivity contribution in [3.05, 3.63) is 88.9 Å². The Hall–Kier alpha value is -2.92. The van der Waals surface area contributed by atoms with Gasteiger partial charge >= 0.3 is 0 Å². The van der Waals surface area contributed by atoms with E-state index in [4.69, 9.17) is 23.3 Å². The molecule has 0 amide bonds. The summed E-state index contributed by atoms with van der Waals surface area (Å²) in [5.74, 6) is 0.0583. The van der Waals surface area contributed by atoms with Crippen molar-refractivity contribution in [1.29, 1.82) is 0 Å². The molecule has 2 aromatic carbocycles. The summed E-state index contributed by atoms with van der Waals surface area (Å²) in [6.07, 6.45) is 0. The molecule has 0 bridgehead atoms. The van der Waals surface area contributed by atoms with Crippen LogP contribution in [0.4, 0.5) is 0 Å². The van der Waals surface area contributed by atoms with Crippen molar-refractivity contribution in [2.24, 2.45) is 0 Å². The minimum Gasteiger partial charge on any atom is -0.304 e. The Balaban J connectivity index is 1.84. The fourth-order valence-electron chi connectivity index (χ4n) is 3.36. The summed E-state index contributed by atoms with van der Waals surface area (Å²) in [5, 5.41) is 5.30. The third-order valence-corrected chi connectivity index (χ3v) is 8.62. The zero-order chi connectivity index (χ0) is 23.8. The maximum atomic E-state index is 12.3. The fourth-order valence-corrected chi connectivity index (χ4v) is 5.51. The van der Waals surface area contributed by atoms with Crippen LogP contribution in [0.25, 0.3) is 31.5 Å². The van der Waals surface area contributed by atoms with Crippen LogP contribution in [0.5, 0.6) is 0 Å². The summed E-state index contributed by atoms with van der Waals surface area (Å²) in [5.41, 5.74) is 2.25. The second-order valence-electron chi connectivity index (χ2n) is 8.04. The summed E-state index contributed by atoms with van der Waals surface area (Å²) in [6.45, 7) is 12.9. The number of sulfone groups is 1. The van der Waals surface area contributed by atoms with Gasteiger partial charge in [-0.05, 0) is 48.0 Å². The first-order chi connectivity index (χ1) is 15.7. The Morgan fingerprint density at radius 3 is 2.48 bits per heavy atom. The third-order valence-electron chi connectivity index (χ3n) is 5.41. The molecule has 0 spiro atoms. The number of para-hydroxylation sites is 1. The van der Waals surface area contributed by atoms with E-state index >= 15 is 0 Å². The Bertz CT molecular complexity index is 1480. The quantitative estimate of drug-likeness (QED) is 0.274. The minimum absolute atomic E-state index is 0.0583. The van der Waals surface area contributed by atoms with Crippen molar-refractivity contribution in [3.8, 4) is 26.7 Å². The summed E-state index contributed by atoms with van der Waals surface area (Å²) < 4.78 is 26.4. The van der Waals surface area contributed by atoms with E-state index in [0.717, 1.165) is 26.7 Å². The number of aromatic nitrogens is 2. The smallest absolute Gasteiger partial charge is 0.270 e. The molecule has 33 heavy (non-hydrogen) atoms. The van der Waals surface area contributed by atoms with Gasteiger partial charge < -0.3 is 4.85 Å². The molecule has 2 aromatic heterocycles. The van der Waals surface area contributed by atoms with Gasteiger partial charge in [0.25, 0.3) is 5.54 Å². The second-order valence-corrected chi connectivity index (χ2v) is 11.8. The molecule has 5 nitrogen and oxygen atoms in total. The van der Waals surface area contributed by atoms with E-state index in [1.807, 2.05) is 62.4 Å². The average Bonchev–Trinajstić information content (AvgIpc) is 3.47. The number of rotatable bonds is 6. The number of hydrogen-bond acceptors (Lipinski definition) is 4. The van der Waals surface area contributed by atoms with Crippen LogP contribution in [0.15, 0.2) is 71.6 Å². The zero-order valence-electron chi connectivity index (χ0n) is 18.4. The van der Waals surface area contributed by atoms with Gasteiger partial charge in [0, 0.05) is 18.7 Å². The average molecular weight is 496 g/mol. The van der Waals surface area contributed by atoms with Gasteiger partial charge in [0.05, 0.1) is 31.9 Å². The maximum absolute atomic E-state index is 12.3. The van der Waals surface area contributed by atoms with Gasteiger partial charge in [-0.2, -0.15) is 5.10 Å². The van der Waals surface area contributed by atoms with E-state index in [-0.39, 0.29) is 5.75 Å². The molecule has 0 aliphatic carbocycles. The predicted octanol–water partition coefficient (Wildman–Crippen LogP) is 6.87. The first kappa shape index (κ1) is 23.2. The Morgan fingerprint density at radius 2 is 1.79 bits per heavy atom. The third kappa shape index (κ3) is 4.47. The highest BCUT2D eigenvalue weighted by Crippen LogP contribution is 2.39. The van der Waals surface area contributed by atoms with Gasteiger partial charge in [-0.15, -0.1) is 11.3 Å². The Morgan fingerprint density at radius 1 is 1.06 bits per heavy atom. The van der Waals surface area contributed by atoms with Crippen molar-refractivity contribution >= 4 is 32.8 Å². The Kier molecular flexibility index (Phi) is 6.19. The molecule has 4 rings (SSSR count). The standard InChI is InChI=1S/C25H22ClN3O2S2/c1-5-33(30,31)18-10-8-9-17(15-18)22-13-14-23(32-22)21-16-24(25(2,3)27-4)28-29(21)20-12-7-6-11-19(20)26/h6-16H,5H2,1-3H3. The van der Waals surface area contributed by atoms with E-state index < -0.39 is 15.4 Å². The van der Waals surface area contributed by atoms with Gasteiger partial charge in [0.2, 0.25) is 0 Å². The Labute approximate surface area is 203 Å². The van der Waals surface area contributed by atoms with Gasteiger partial charge in [0.1, 0.15) is 5.69 Å². The van der Waals surface area contributed by atoms with Crippen LogP contribution >= 0.6 is 22.9 Å². The molecule has 4 aromatic rings. The van der Waals surface area contributed by atoms with Gasteiger partial charge in [-0.3, -0.25) is 0 Å². The normalized spacial score (nSPS) is 12.0. The monoisotopic (exact) mass is 495 g/mol. The molecule has 168 valence electrons. The van der Waals surface area contributed by atoms with Crippen LogP contribution in [-0.2, 0) is 15.4 Å². The lowest BCUT2D eigenvalue weighted by Crippen LogP contribution is -2.12. The topological polar surface area (TPSA) is 56.3 Å². The predicted molar refractivity (Wildman–Crippen MR) is 135 cm³/mol. The van der Waals surface area contributed by atoms with E-state index in [1.165, 1.54) is 11.3 Å². The number of benzene rings is 2. The largest absolute Gasteiger partial charge is 0.304 e. The second kappa shape index (κ2) is 8.79. The fraction of sp³-hybridized carbons (Fsp3) is 0.200. The number of nitrogens with zero attached hydrogens (tertiary/aromatic N) is 3. The molecule has 0 aliphatic rings. The summed E-state index contributed by atoms with van der Waals surface area (Å²) in [7, 11) is -3.29. The van der Waals surface area contributed by atoms with Crippen LogP contribution in [-0.4, -0.2) is 24.0 Å². The molecular weight excluding hydrogens is 474 g/mol. The number of thiophene rings is 1. The number of hydrogen-bond donors (Lipinski definition) is 0. The first-order valence-corrected chi connectivity index (χ1v) is 13.2. The van der Waals surface area contributed by atoms with Crippen molar-refractivity contribution in [2.45, 2.75) is 31.2 Å². The lowest BCUT2D eigenvalue weighted by molar-refractivity contribution is 0.597. The SMILES string of the molecule is [C-]#[N+]C(C)(C)c1cc(-c2ccc(-c3cccc(S(=O)(=O)CC)c3)s2)n(-c2ccccc2Cl)n1. The van der Waals surface area contributed by atoms with Gasteiger partial charge in [-0.1, -0.05) is 42.8 Å². The molecule has 0 atom stereocenters. The summed E-state index contributed by atoms with van der Waals surface area (Å²) in [4.78, 5) is 5.93. The zero-order valence-corrected chi connectivity index (χ0v) is 20.8. The highest BCUT2D eigenvalue weighted by molar-refractivity contribution is 7.91. The van der Waals surface area contributed by atoms with Crippen LogP contribution in [0.1, 0.15) is 26.5 Å². The van der Waals surface area contributed by atoms with Crippen molar-refractivity contribution < 1.29 is 8.42 Å².